The minimum absolute atomic E-state index is 0.497. The fourth-order valence-electron chi connectivity index (χ4n) is 3.17. The molecular weight excluding hydrogens is 508 g/mol. The topological polar surface area (TPSA) is 157 Å². The second-order valence-corrected chi connectivity index (χ2v) is 8.82. The maximum Gasteiger partial charge on any atom is 0.341 e. The molecule has 0 aliphatic carbocycles. The largest absolute Gasteiger partial charge is 0.429 e. The Kier molecular flexibility index (Phi) is 7.19. The molecule has 1 saturated heterocycles. The van der Waals surface area contributed by atoms with Gasteiger partial charge in [0.2, 0.25) is 6.29 Å². The number of carbonyl (C=O) groups excluding carboxylic acids is 2. The van der Waals surface area contributed by atoms with E-state index in [0.29, 0.717) is 12.1 Å². The first-order chi connectivity index (χ1) is 16.1. The summed E-state index contributed by atoms with van der Waals surface area (Å²) in [6.07, 6.45) is -8.58. The van der Waals surface area contributed by atoms with E-state index in [1.807, 2.05) is 0 Å². The average Bonchev–Trinajstić information content (AvgIpc) is 2.93. The zero-order valence-corrected chi connectivity index (χ0v) is 18.0. The molecule has 2 aromatic rings. The van der Waals surface area contributed by atoms with Crippen LogP contribution in [0.1, 0.15) is 20.7 Å². The number of aliphatic hydroxyl groups excluding tert-OH is 1. The molecule has 1 aliphatic heterocycles. The quantitative estimate of drug-likeness (QED) is 0.209. The van der Waals surface area contributed by atoms with Crippen molar-refractivity contribution >= 4 is 22.1 Å². The molecule has 0 saturated carbocycles. The minimum Gasteiger partial charge on any atom is -0.429 e. The van der Waals surface area contributed by atoms with Crippen LogP contribution in [-0.2, 0) is 24.3 Å². The average molecular weight is 524 g/mol. The van der Waals surface area contributed by atoms with Crippen LogP contribution >= 0.6 is 0 Å². The molecule has 0 radical (unpaired) electrons. The summed E-state index contributed by atoms with van der Waals surface area (Å²) in [5, 5.41) is 20.9. The predicted molar refractivity (Wildman–Crippen MR) is 105 cm³/mol. The highest BCUT2D eigenvalue weighted by Gasteiger charge is 2.75. The van der Waals surface area contributed by atoms with Crippen molar-refractivity contribution in [1.29, 1.82) is 0 Å². The van der Waals surface area contributed by atoms with Crippen molar-refractivity contribution in [1.82, 2.24) is 0 Å². The van der Waals surface area contributed by atoms with Crippen molar-refractivity contribution in [3.8, 4) is 0 Å². The van der Waals surface area contributed by atoms with Crippen LogP contribution in [0.3, 0.4) is 0 Å². The maximum atomic E-state index is 15.1. The minimum atomic E-state index is -5.17. The molecule has 4 atom stereocenters. The van der Waals surface area contributed by atoms with Crippen molar-refractivity contribution in [3.05, 3.63) is 71.3 Å². The maximum absolute atomic E-state index is 15.1. The van der Waals surface area contributed by atoms with Crippen LogP contribution in [0.4, 0.5) is 17.6 Å². The predicted octanol–water partition coefficient (Wildman–Crippen LogP) is 1.28. The number of esters is 2. The van der Waals surface area contributed by atoms with Gasteiger partial charge in [0.15, 0.2) is 6.10 Å². The van der Waals surface area contributed by atoms with Gasteiger partial charge in [-0.25, -0.2) is 18.4 Å². The number of rotatable bonds is 7. The van der Waals surface area contributed by atoms with Crippen LogP contribution in [0, 0.1) is 11.6 Å². The highest BCUT2D eigenvalue weighted by atomic mass is 32.2. The number of alkyl halides is 2. The zero-order valence-electron chi connectivity index (χ0n) is 17.2. The standard InChI is InChI=1S/C20H16F4O10S/c21-12-5-1-3-10(7-12)16(25)33-18(27)15-20(28,19(23,24)14(32-15)9-35(29,30)31)34-17(26)11-4-2-6-13(22)8-11/h1-8,14-15,18,27-28H,9H2,(H,29,30,31)/t14-,15+,18?,20-/m0/s1. The Bertz CT molecular complexity index is 1240. The fraction of sp³-hybridized carbons (Fsp3) is 0.300. The molecule has 10 nitrogen and oxygen atoms in total. The summed E-state index contributed by atoms with van der Waals surface area (Å²) in [4.78, 5) is 24.5. The Hall–Kier alpha value is -3.11. The summed E-state index contributed by atoms with van der Waals surface area (Å²) in [6.45, 7) is 0. The monoisotopic (exact) mass is 524 g/mol. The number of aliphatic hydroxyl groups is 2. The van der Waals surface area contributed by atoms with E-state index in [1.165, 1.54) is 0 Å². The lowest BCUT2D eigenvalue weighted by Gasteiger charge is -2.33. The fourth-order valence-corrected chi connectivity index (χ4v) is 3.84. The third-order valence-electron chi connectivity index (χ3n) is 4.80. The number of ether oxygens (including phenoxy) is 3. The summed E-state index contributed by atoms with van der Waals surface area (Å²) in [7, 11) is -5.17. The van der Waals surface area contributed by atoms with Gasteiger partial charge in [-0.15, -0.1) is 0 Å². The molecule has 0 aromatic heterocycles. The third kappa shape index (κ3) is 5.59. The molecule has 0 amide bonds. The van der Waals surface area contributed by atoms with E-state index in [2.05, 4.69) is 14.2 Å². The molecule has 1 unspecified atom stereocenters. The Morgan fingerprint density at radius 3 is 2.03 bits per heavy atom. The first kappa shape index (κ1) is 26.5. The Balaban J connectivity index is 1.95. The van der Waals surface area contributed by atoms with Crippen LogP contribution in [-0.4, -0.2) is 71.1 Å². The first-order valence-corrected chi connectivity index (χ1v) is 11.1. The molecular formula is C20H16F4O10S. The van der Waals surface area contributed by atoms with Gasteiger partial charge in [0, 0.05) is 0 Å². The molecule has 1 aliphatic rings. The van der Waals surface area contributed by atoms with Crippen LogP contribution in [0.5, 0.6) is 0 Å². The Morgan fingerprint density at radius 2 is 1.54 bits per heavy atom. The lowest BCUT2D eigenvalue weighted by atomic mass is 10.0. The summed E-state index contributed by atoms with van der Waals surface area (Å²) in [6, 6.07) is 7.12. The molecule has 190 valence electrons. The van der Waals surface area contributed by atoms with Gasteiger partial charge < -0.3 is 24.4 Å². The van der Waals surface area contributed by atoms with E-state index < -0.39 is 80.8 Å². The molecule has 3 N–H and O–H groups in total. The molecule has 3 rings (SSSR count). The lowest BCUT2D eigenvalue weighted by molar-refractivity contribution is -0.307. The molecule has 1 fully saturated rings. The van der Waals surface area contributed by atoms with Crippen LogP contribution in [0.25, 0.3) is 0 Å². The van der Waals surface area contributed by atoms with Crippen molar-refractivity contribution in [2.24, 2.45) is 0 Å². The molecule has 1 heterocycles. The van der Waals surface area contributed by atoms with E-state index in [9.17, 15) is 37.0 Å². The Morgan fingerprint density at radius 1 is 1.03 bits per heavy atom. The van der Waals surface area contributed by atoms with Gasteiger partial charge >= 0.3 is 23.6 Å². The third-order valence-corrected chi connectivity index (χ3v) is 5.52. The summed E-state index contributed by atoms with van der Waals surface area (Å²) < 4.78 is 102. The van der Waals surface area contributed by atoms with Gasteiger partial charge in [-0.1, -0.05) is 12.1 Å². The van der Waals surface area contributed by atoms with E-state index >= 15 is 8.78 Å². The van der Waals surface area contributed by atoms with Crippen molar-refractivity contribution in [2.75, 3.05) is 5.75 Å². The smallest absolute Gasteiger partial charge is 0.341 e. The van der Waals surface area contributed by atoms with Crippen molar-refractivity contribution < 1.29 is 64.5 Å². The van der Waals surface area contributed by atoms with Gasteiger partial charge in [-0.2, -0.15) is 17.2 Å². The van der Waals surface area contributed by atoms with E-state index in [-0.39, 0.29) is 0 Å². The SMILES string of the molecule is O=C(OC(O)[C@H]1O[C@@H](CS(=O)(=O)O)C(F)(F)[C@@]1(O)OC(=O)c1cccc(F)c1)c1cccc(F)c1. The normalized spacial score (nSPS) is 24.5. The second-order valence-electron chi connectivity index (χ2n) is 7.32. The van der Waals surface area contributed by atoms with Gasteiger partial charge in [-0.05, 0) is 36.4 Å². The molecule has 0 spiro atoms. The summed E-state index contributed by atoms with van der Waals surface area (Å²) in [5.41, 5.74) is -1.17. The number of hydrogen-bond donors (Lipinski definition) is 3. The zero-order chi connectivity index (χ0) is 26.2. The second kappa shape index (κ2) is 9.50. The summed E-state index contributed by atoms with van der Waals surface area (Å²) in [5.74, 6) is -16.0. The van der Waals surface area contributed by atoms with Gasteiger partial charge in [0.25, 0.3) is 10.1 Å². The Labute approximate surface area is 194 Å². The molecule has 2 aromatic carbocycles. The highest BCUT2D eigenvalue weighted by molar-refractivity contribution is 7.85. The molecule has 15 heteroatoms. The number of hydrogen-bond acceptors (Lipinski definition) is 9. The molecule has 35 heavy (non-hydrogen) atoms. The van der Waals surface area contributed by atoms with Crippen LogP contribution < -0.4 is 0 Å². The van der Waals surface area contributed by atoms with Gasteiger partial charge in [0.05, 0.1) is 11.1 Å². The highest BCUT2D eigenvalue weighted by Crippen LogP contribution is 2.47. The van der Waals surface area contributed by atoms with E-state index in [0.717, 1.165) is 36.4 Å². The summed E-state index contributed by atoms with van der Waals surface area (Å²) >= 11 is 0. The van der Waals surface area contributed by atoms with E-state index in [4.69, 9.17) is 4.55 Å². The molecule has 0 bridgehead atoms. The lowest BCUT2D eigenvalue weighted by Crippen LogP contribution is -2.60. The number of halogens is 4. The van der Waals surface area contributed by atoms with E-state index in [1.54, 1.807) is 0 Å². The van der Waals surface area contributed by atoms with Crippen LogP contribution in [0.15, 0.2) is 48.5 Å². The van der Waals surface area contributed by atoms with Crippen molar-refractivity contribution in [3.63, 3.8) is 0 Å². The first-order valence-electron chi connectivity index (χ1n) is 9.48. The van der Waals surface area contributed by atoms with Crippen molar-refractivity contribution in [2.45, 2.75) is 30.2 Å². The number of benzene rings is 2. The van der Waals surface area contributed by atoms with Gasteiger partial charge in [0.1, 0.15) is 23.5 Å². The number of carbonyl (C=O) groups is 2. The van der Waals surface area contributed by atoms with Crippen LogP contribution in [0.2, 0.25) is 0 Å². The van der Waals surface area contributed by atoms with Gasteiger partial charge in [-0.3, -0.25) is 4.55 Å².